The molecule has 2 aromatic carbocycles. The SMILES string of the molecule is CN(C)[C@@H](CNC(=O)c1cc(-c2ccc(Br)cc2)on1)c1ccccc1. The van der Waals surface area contributed by atoms with Crippen molar-refractivity contribution < 1.29 is 9.32 Å². The summed E-state index contributed by atoms with van der Waals surface area (Å²) in [6.07, 6.45) is 0. The second-order valence-corrected chi connectivity index (χ2v) is 7.10. The van der Waals surface area contributed by atoms with Crippen molar-refractivity contribution in [2.45, 2.75) is 6.04 Å². The van der Waals surface area contributed by atoms with E-state index in [9.17, 15) is 4.79 Å². The van der Waals surface area contributed by atoms with Gasteiger partial charge in [0.1, 0.15) is 0 Å². The highest BCUT2D eigenvalue weighted by molar-refractivity contribution is 9.10. The third-order valence-electron chi connectivity index (χ3n) is 4.14. The smallest absolute Gasteiger partial charge is 0.273 e. The van der Waals surface area contributed by atoms with Gasteiger partial charge in [-0.1, -0.05) is 63.6 Å². The molecule has 6 heteroatoms. The van der Waals surface area contributed by atoms with E-state index in [1.807, 2.05) is 56.6 Å². The lowest BCUT2D eigenvalue weighted by atomic mass is 10.1. The van der Waals surface area contributed by atoms with Crippen molar-refractivity contribution in [1.29, 1.82) is 0 Å². The zero-order chi connectivity index (χ0) is 18.5. The molecule has 26 heavy (non-hydrogen) atoms. The average Bonchev–Trinajstić information content (AvgIpc) is 3.13. The Morgan fingerprint density at radius 2 is 1.85 bits per heavy atom. The van der Waals surface area contributed by atoms with E-state index in [-0.39, 0.29) is 17.6 Å². The number of rotatable bonds is 6. The second kappa shape index (κ2) is 8.29. The molecule has 0 radical (unpaired) electrons. The Kier molecular flexibility index (Phi) is 5.85. The van der Waals surface area contributed by atoms with Crippen LogP contribution in [0.25, 0.3) is 11.3 Å². The Hall–Kier alpha value is -2.44. The van der Waals surface area contributed by atoms with E-state index in [1.165, 1.54) is 0 Å². The lowest BCUT2D eigenvalue weighted by molar-refractivity contribution is 0.0933. The number of carbonyl (C=O) groups excluding carboxylic acids is 1. The van der Waals surface area contributed by atoms with E-state index in [2.05, 4.69) is 43.4 Å². The van der Waals surface area contributed by atoms with Crippen LogP contribution in [-0.4, -0.2) is 36.6 Å². The average molecular weight is 414 g/mol. The van der Waals surface area contributed by atoms with Crippen molar-refractivity contribution >= 4 is 21.8 Å². The van der Waals surface area contributed by atoms with Crippen LogP contribution in [0.15, 0.2) is 69.7 Å². The number of likely N-dealkylation sites (N-methyl/N-ethyl adjacent to an activating group) is 1. The quantitative estimate of drug-likeness (QED) is 0.659. The molecule has 0 aliphatic rings. The summed E-state index contributed by atoms with van der Waals surface area (Å²) in [5, 5.41) is 6.84. The molecular weight excluding hydrogens is 394 g/mol. The van der Waals surface area contributed by atoms with Crippen molar-refractivity contribution in [2.75, 3.05) is 20.6 Å². The summed E-state index contributed by atoms with van der Waals surface area (Å²) in [4.78, 5) is 14.5. The van der Waals surface area contributed by atoms with E-state index in [0.29, 0.717) is 12.3 Å². The molecule has 1 N–H and O–H groups in total. The molecule has 0 aliphatic carbocycles. The van der Waals surface area contributed by atoms with Gasteiger partial charge < -0.3 is 14.7 Å². The van der Waals surface area contributed by atoms with Crippen LogP contribution < -0.4 is 5.32 Å². The van der Waals surface area contributed by atoms with Gasteiger partial charge in [0.2, 0.25) is 0 Å². The molecule has 3 aromatic rings. The largest absolute Gasteiger partial charge is 0.355 e. The first-order valence-corrected chi connectivity index (χ1v) is 9.06. The number of carbonyl (C=O) groups is 1. The number of benzene rings is 2. The van der Waals surface area contributed by atoms with E-state index in [0.717, 1.165) is 15.6 Å². The maximum Gasteiger partial charge on any atom is 0.273 e. The molecule has 1 amide bonds. The third-order valence-corrected chi connectivity index (χ3v) is 4.66. The fourth-order valence-corrected chi connectivity index (χ4v) is 2.95. The molecule has 0 fully saturated rings. The normalized spacial score (nSPS) is 12.2. The van der Waals surface area contributed by atoms with E-state index in [4.69, 9.17) is 4.52 Å². The molecule has 0 aliphatic heterocycles. The van der Waals surface area contributed by atoms with Gasteiger partial charge in [0.15, 0.2) is 11.5 Å². The van der Waals surface area contributed by atoms with Gasteiger partial charge in [-0.05, 0) is 31.8 Å². The maximum atomic E-state index is 12.4. The second-order valence-electron chi connectivity index (χ2n) is 6.18. The molecule has 134 valence electrons. The Morgan fingerprint density at radius 1 is 1.15 bits per heavy atom. The lowest BCUT2D eigenvalue weighted by Gasteiger charge is -2.24. The first kappa shape index (κ1) is 18.4. The molecule has 0 saturated carbocycles. The molecule has 5 nitrogen and oxygen atoms in total. The zero-order valence-corrected chi connectivity index (χ0v) is 16.2. The van der Waals surface area contributed by atoms with Crippen LogP contribution in [0, 0.1) is 0 Å². The lowest BCUT2D eigenvalue weighted by Crippen LogP contribution is -2.34. The van der Waals surface area contributed by atoms with Crippen molar-refractivity contribution in [3.63, 3.8) is 0 Å². The highest BCUT2D eigenvalue weighted by Gasteiger charge is 2.18. The molecule has 0 spiro atoms. The van der Waals surface area contributed by atoms with Crippen LogP contribution in [0.1, 0.15) is 22.1 Å². The van der Waals surface area contributed by atoms with Gasteiger partial charge in [-0.15, -0.1) is 0 Å². The van der Waals surface area contributed by atoms with Crippen molar-refractivity contribution in [3.8, 4) is 11.3 Å². The van der Waals surface area contributed by atoms with Gasteiger partial charge >= 0.3 is 0 Å². The summed E-state index contributed by atoms with van der Waals surface area (Å²) < 4.78 is 6.29. The number of nitrogens with zero attached hydrogens (tertiary/aromatic N) is 2. The Balaban J connectivity index is 1.67. The first-order valence-electron chi connectivity index (χ1n) is 8.27. The topological polar surface area (TPSA) is 58.4 Å². The fraction of sp³-hybridized carbons (Fsp3) is 0.200. The van der Waals surface area contributed by atoms with Gasteiger partial charge in [-0.2, -0.15) is 0 Å². The van der Waals surface area contributed by atoms with Crippen molar-refractivity contribution in [1.82, 2.24) is 15.4 Å². The van der Waals surface area contributed by atoms with Crippen LogP contribution in [0.3, 0.4) is 0 Å². The Bertz CT molecular complexity index is 860. The van der Waals surface area contributed by atoms with Gasteiger partial charge in [0, 0.05) is 22.6 Å². The van der Waals surface area contributed by atoms with Crippen LogP contribution >= 0.6 is 15.9 Å². The molecule has 0 bridgehead atoms. The zero-order valence-electron chi connectivity index (χ0n) is 14.6. The summed E-state index contributed by atoms with van der Waals surface area (Å²) in [7, 11) is 3.98. The summed E-state index contributed by atoms with van der Waals surface area (Å²) in [5.41, 5.74) is 2.29. The molecule has 3 rings (SSSR count). The first-order chi connectivity index (χ1) is 12.5. The summed E-state index contributed by atoms with van der Waals surface area (Å²) in [6, 6.07) is 19.5. The van der Waals surface area contributed by atoms with Gasteiger partial charge in [-0.3, -0.25) is 4.79 Å². The number of aromatic nitrogens is 1. The highest BCUT2D eigenvalue weighted by Crippen LogP contribution is 2.23. The summed E-state index contributed by atoms with van der Waals surface area (Å²) in [5.74, 6) is 0.315. The minimum atomic E-state index is -0.250. The number of amides is 1. The van der Waals surface area contributed by atoms with Crippen LogP contribution in [0.4, 0.5) is 0 Å². The molecule has 0 unspecified atom stereocenters. The van der Waals surface area contributed by atoms with Crippen LogP contribution in [-0.2, 0) is 0 Å². The third kappa shape index (κ3) is 4.39. The number of hydrogen-bond donors (Lipinski definition) is 1. The van der Waals surface area contributed by atoms with Gasteiger partial charge in [0.25, 0.3) is 5.91 Å². The maximum absolute atomic E-state index is 12.4. The van der Waals surface area contributed by atoms with Crippen molar-refractivity contribution in [2.24, 2.45) is 0 Å². The number of nitrogens with one attached hydrogen (secondary N) is 1. The van der Waals surface area contributed by atoms with E-state index < -0.39 is 0 Å². The van der Waals surface area contributed by atoms with Crippen LogP contribution in [0.2, 0.25) is 0 Å². The molecule has 1 aromatic heterocycles. The molecular formula is C20H20BrN3O2. The molecule has 0 saturated heterocycles. The molecule has 1 atom stereocenters. The van der Waals surface area contributed by atoms with Crippen molar-refractivity contribution in [3.05, 3.63) is 76.4 Å². The summed E-state index contributed by atoms with van der Waals surface area (Å²) >= 11 is 3.40. The minimum Gasteiger partial charge on any atom is -0.355 e. The predicted octanol–water partition coefficient (Wildman–Crippen LogP) is 4.14. The highest BCUT2D eigenvalue weighted by atomic mass is 79.9. The Morgan fingerprint density at radius 3 is 2.50 bits per heavy atom. The number of halogens is 1. The monoisotopic (exact) mass is 413 g/mol. The van der Waals surface area contributed by atoms with Crippen LogP contribution in [0.5, 0.6) is 0 Å². The predicted molar refractivity (Wildman–Crippen MR) is 105 cm³/mol. The molecule has 1 heterocycles. The number of hydrogen-bond acceptors (Lipinski definition) is 4. The van der Waals surface area contributed by atoms with Gasteiger partial charge in [-0.25, -0.2) is 0 Å². The Labute approximate surface area is 161 Å². The summed E-state index contributed by atoms with van der Waals surface area (Å²) in [6.45, 7) is 0.482. The fourth-order valence-electron chi connectivity index (χ4n) is 2.69. The van der Waals surface area contributed by atoms with E-state index >= 15 is 0 Å². The van der Waals surface area contributed by atoms with E-state index in [1.54, 1.807) is 6.07 Å². The standard InChI is InChI=1S/C20H20BrN3O2/c1-24(2)18(14-6-4-3-5-7-14)13-22-20(25)17-12-19(26-23-17)15-8-10-16(21)11-9-15/h3-12,18H,13H2,1-2H3,(H,22,25)/t18-/m0/s1. The minimum absolute atomic E-state index is 0.0815. The van der Waals surface area contributed by atoms with Gasteiger partial charge in [0.05, 0.1) is 6.04 Å².